The molecule has 0 saturated carbocycles. The summed E-state index contributed by atoms with van der Waals surface area (Å²) in [6.07, 6.45) is 9.95. The highest BCUT2D eigenvalue weighted by molar-refractivity contribution is 5.85. The van der Waals surface area contributed by atoms with Crippen molar-refractivity contribution in [2.75, 3.05) is 6.61 Å². The standard InChI is InChI=1S/C33H36N2O5/c1-3-4-7-28-20-26(10-9-24(28)2)22-34-23-30-21-29(27-14-11-25(12-15-27)13-18-33(37)38)16-17-31(30)40-19-6-5-8-32(36)35-39/h3-4,7,9-18,20-21,34,39H,1,5-6,8,19,22-23H2,2H3,(H,35,36)(H,37,38)/b7-4-,18-13+. The third kappa shape index (κ3) is 9.69. The molecule has 0 saturated heterocycles. The molecule has 3 rings (SSSR count). The van der Waals surface area contributed by atoms with E-state index >= 15 is 0 Å². The van der Waals surface area contributed by atoms with Gasteiger partial charge in [0.1, 0.15) is 5.75 Å². The van der Waals surface area contributed by atoms with Crippen LogP contribution in [0.3, 0.4) is 0 Å². The number of hydroxylamine groups is 1. The summed E-state index contributed by atoms with van der Waals surface area (Å²) in [6, 6.07) is 20.1. The first kappa shape index (κ1) is 30.1. The lowest BCUT2D eigenvalue weighted by atomic mass is 10.0. The lowest BCUT2D eigenvalue weighted by molar-refractivity contribution is -0.131. The normalized spacial score (nSPS) is 11.2. The number of amides is 1. The second-order valence-corrected chi connectivity index (χ2v) is 9.35. The predicted octanol–water partition coefficient (Wildman–Crippen LogP) is 6.30. The van der Waals surface area contributed by atoms with Crippen LogP contribution in [0.15, 0.2) is 85.5 Å². The molecule has 0 fully saturated rings. The van der Waals surface area contributed by atoms with Gasteiger partial charge in [0.25, 0.3) is 0 Å². The van der Waals surface area contributed by atoms with Crippen LogP contribution >= 0.6 is 0 Å². The molecule has 208 valence electrons. The quantitative estimate of drug-likeness (QED) is 0.0592. The van der Waals surface area contributed by atoms with E-state index in [1.54, 1.807) is 17.6 Å². The maximum atomic E-state index is 11.2. The Balaban J connectivity index is 1.74. The summed E-state index contributed by atoms with van der Waals surface area (Å²) >= 11 is 0. The largest absolute Gasteiger partial charge is 0.493 e. The van der Waals surface area contributed by atoms with Crippen LogP contribution in [0.2, 0.25) is 0 Å². The van der Waals surface area contributed by atoms with Crippen molar-refractivity contribution in [2.45, 2.75) is 39.3 Å². The minimum Gasteiger partial charge on any atom is -0.493 e. The van der Waals surface area contributed by atoms with Gasteiger partial charge in [-0.3, -0.25) is 10.0 Å². The molecule has 0 aliphatic rings. The van der Waals surface area contributed by atoms with Crippen molar-refractivity contribution < 1.29 is 24.6 Å². The number of carbonyl (C=O) groups is 2. The Kier molecular flexibility index (Phi) is 11.9. The van der Waals surface area contributed by atoms with Gasteiger partial charge in [0, 0.05) is 31.1 Å². The fourth-order valence-electron chi connectivity index (χ4n) is 4.11. The number of unbranched alkanes of at least 4 members (excludes halogenated alkanes) is 1. The van der Waals surface area contributed by atoms with Crippen LogP contribution in [-0.2, 0) is 22.7 Å². The number of carbonyl (C=O) groups excluding carboxylic acids is 1. The number of carboxylic acid groups (broad SMARTS) is 1. The molecular formula is C33H36N2O5. The van der Waals surface area contributed by atoms with Crippen LogP contribution in [0.1, 0.15) is 47.1 Å². The molecule has 0 aliphatic carbocycles. The molecule has 0 heterocycles. The molecule has 0 spiro atoms. The number of hydrogen-bond donors (Lipinski definition) is 4. The summed E-state index contributed by atoms with van der Waals surface area (Å²) in [6.45, 7) is 7.55. The van der Waals surface area contributed by atoms with Crippen molar-refractivity contribution in [2.24, 2.45) is 0 Å². The number of benzene rings is 3. The van der Waals surface area contributed by atoms with Crippen molar-refractivity contribution >= 4 is 24.0 Å². The molecule has 7 heteroatoms. The van der Waals surface area contributed by atoms with Gasteiger partial charge in [-0.25, -0.2) is 10.3 Å². The third-order valence-corrected chi connectivity index (χ3v) is 6.30. The van der Waals surface area contributed by atoms with E-state index in [2.05, 4.69) is 43.1 Å². The zero-order valence-corrected chi connectivity index (χ0v) is 22.7. The molecule has 40 heavy (non-hydrogen) atoms. The van der Waals surface area contributed by atoms with Crippen molar-refractivity contribution in [3.05, 3.63) is 113 Å². The van der Waals surface area contributed by atoms with Crippen LogP contribution in [0, 0.1) is 6.92 Å². The minimum atomic E-state index is -0.983. The molecule has 3 aromatic rings. The summed E-state index contributed by atoms with van der Waals surface area (Å²) in [5, 5.41) is 21.0. The summed E-state index contributed by atoms with van der Waals surface area (Å²) < 4.78 is 6.08. The van der Waals surface area contributed by atoms with Gasteiger partial charge in [-0.2, -0.15) is 0 Å². The van der Waals surface area contributed by atoms with E-state index in [0.717, 1.165) is 39.6 Å². The summed E-state index contributed by atoms with van der Waals surface area (Å²) in [5.41, 5.74) is 9.00. The van der Waals surface area contributed by atoms with Crippen LogP contribution in [0.4, 0.5) is 0 Å². The minimum absolute atomic E-state index is 0.241. The fraction of sp³-hybridized carbons (Fsp3) is 0.212. The molecule has 0 aliphatic heterocycles. The SMILES string of the molecule is C=C/C=C\c1cc(CNCc2cc(-c3ccc(/C=C/C(=O)O)cc3)ccc2OCCCCC(=O)NO)ccc1C. The second-order valence-electron chi connectivity index (χ2n) is 9.35. The number of aliphatic carboxylic acids is 1. The van der Waals surface area contributed by atoms with E-state index in [0.29, 0.717) is 32.5 Å². The number of hydrogen-bond acceptors (Lipinski definition) is 5. The predicted molar refractivity (Wildman–Crippen MR) is 159 cm³/mol. The van der Waals surface area contributed by atoms with Crippen molar-refractivity contribution in [3.63, 3.8) is 0 Å². The van der Waals surface area contributed by atoms with Crippen LogP contribution < -0.4 is 15.5 Å². The van der Waals surface area contributed by atoms with Crippen LogP contribution in [0.25, 0.3) is 23.3 Å². The summed E-state index contributed by atoms with van der Waals surface area (Å²) in [5.74, 6) is -0.621. The molecule has 3 aromatic carbocycles. The molecular weight excluding hydrogens is 504 g/mol. The first-order valence-electron chi connectivity index (χ1n) is 13.2. The number of carboxylic acids is 1. The van der Waals surface area contributed by atoms with Gasteiger partial charge in [-0.05, 0) is 71.4 Å². The Bertz CT molecular complexity index is 1360. The van der Waals surface area contributed by atoms with E-state index in [4.69, 9.17) is 15.1 Å². The Hall–Kier alpha value is -4.46. The highest BCUT2D eigenvalue weighted by Gasteiger charge is 2.09. The Morgan fingerprint density at radius 1 is 0.950 bits per heavy atom. The smallest absolute Gasteiger partial charge is 0.328 e. The average Bonchev–Trinajstić information content (AvgIpc) is 2.96. The van der Waals surface area contributed by atoms with E-state index in [1.807, 2.05) is 48.6 Å². The molecule has 0 atom stereocenters. The van der Waals surface area contributed by atoms with Crippen molar-refractivity contribution in [1.29, 1.82) is 0 Å². The zero-order chi connectivity index (χ0) is 28.7. The second kappa shape index (κ2) is 15.8. The Morgan fingerprint density at radius 3 is 2.45 bits per heavy atom. The van der Waals surface area contributed by atoms with Crippen molar-refractivity contribution in [1.82, 2.24) is 10.8 Å². The average molecular weight is 541 g/mol. The van der Waals surface area contributed by atoms with Crippen LogP contribution in [-0.4, -0.2) is 28.8 Å². The highest BCUT2D eigenvalue weighted by atomic mass is 16.5. The Morgan fingerprint density at radius 2 is 1.73 bits per heavy atom. The number of allylic oxidation sites excluding steroid dienone is 2. The van der Waals surface area contributed by atoms with Crippen molar-refractivity contribution in [3.8, 4) is 16.9 Å². The molecule has 4 N–H and O–H groups in total. The first-order chi connectivity index (χ1) is 19.4. The lowest BCUT2D eigenvalue weighted by Gasteiger charge is -2.15. The van der Waals surface area contributed by atoms with E-state index in [9.17, 15) is 9.59 Å². The van der Waals surface area contributed by atoms with Gasteiger partial charge < -0.3 is 15.2 Å². The number of rotatable bonds is 15. The fourth-order valence-corrected chi connectivity index (χ4v) is 4.11. The lowest BCUT2D eigenvalue weighted by Crippen LogP contribution is -2.18. The first-order valence-corrected chi connectivity index (χ1v) is 13.2. The van der Waals surface area contributed by atoms with Gasteiger partial charge in [0.2, 0.25) is 5.91 Å². The van der Waals surface area contributed by atoms with Gasteiger partial charge in [0.05, 0.1) is 6.61 Å². The van der Waals surface area contributed by atoms with Gasteiger partial charge in [-0.1, -0.05) is 73.3 Å². The highest BCUT2D eigenvalue weighted by Crippen LogP contribution is 2.28. The zero-order valence-electron chi connectivity index (χ0n) is 22.7. The molecule has 0 unspecified atom stereocenters. The maximum Gasteiger partial charge on any atom is 0.328 e. The Labute approximate surface area is 235 Å². The van der Waals surface area contributed by atoms with E-state index in [1.165, 1.54) is 11.1 Å². The van der Waals surface area contributed by atoms with E-state index < -0.39 is 11.9 Å². The molecule has 0 aromatic heterocycles. The van der Waals surface area contributed by atoms with Gasteiger partial charge in [0.15, 0.2) is 0 Å². The van der Waals surface area contributed by atoms with E-state index in [-0.39, 0.29) is 6.42 Å². The number of nitrogens with one attached hydrogen (secondary N) is 2. The molecule has 1 amide bonds. The van der Waals surface area contributed by atoms with Crippen LogP contribution in [0.5, 0.6) is 5.75 Å². The number of aryl methyl sites for hydroxylation is 1. The number of ether oxygens (including phenoxy) is 1. The topological polar surface area (TPSA) is 108 Å². The van der Waals surface area contributed by atoms with Gasteiger partial charge in [-0.15, -0.1) is 0 Å². The third-order valence-electron chi connectivity index (χ3n) is 6.30. The van der Waals surface area contributed by atoms with Gasteiger partial charge >= 0.3 is 5.97 Å². The summed E-state index contributed by atoms with van der Waals surface area (Å²) in [4.78, 5) is 22.0. The monoisotopic (exact) mass is 540 g/mol. The molecule has 7 nitrogen and oxygen atoms in total. The molecule has 0 bridgehead atoms. The summed E-state index contributed by atoms with van der Waals surface area (Å²) in [7, 11) is 0. The maximum absolute atomic E-state index is 11.2. The molecule has 0 radical (unpaired) electrons.